The number of rotatable bonds is 7. The molecular weight excluding hydrogens is 465 g/mol. The third-order valence-corrected chi connectivity index (χ3v) is 5.28. The molecule has 0 atom stereocenters. The number of aromatic nitrogens is 3. The van der Waals surface area contributed by atoms with Crippen molar-refractivity contribution < 1.29 is 27.7 Å². The zero-order valence-corrected chi connectivity index (χ0v) is 17.6. The van der Waals surface area contributed by atoms with Crippen molar-refractivity contribution >= 4 is 35.0 Å². The minimum Gasteiger partial charge on any atom is -0.343 e. The van der Waals surface area contributed by atoms with Gasteiger partial charge in [0.1, 0.15) is 12.9 Å². The fourth-order valence-electron chi connectivity index (χ4n) is 2.61. The Hall–Kier alpha value is -3.94. The number of hydrogen-bond acceptors (Lipinski definition) is 7. The van der Waals surface area contributed by atoms with Gasteiger partial charge in [-0.15, -0.1) is 10.2 Å². The third kappa shape index (κ3) is 6.06. The van der Waals surface area contributed by atoms with Crippen LogP contribution in [0.1, 0.15) is 20.7 Å². The quantitative estimate of drug-likeness (QED) is 0.391. The third-order valence-electron chi connectivity index (χ3n) is 4.16. The predicted molar refractivity (Wildman–Crippen MR) is 111 cm³/mol. The summed E-state index contributed by atoms with van der Waals surface area (Å²) in [7, 11) is 1.66. The van der Waals surface area contributed by atoms with E-state index >= 15 is 0 Å². The van der Waals surface area contributed by atoms with Gasteiger partial charge in [0, 0.05) is 18.7 Å². The van der Waals surface area contributed by atoms with Crippen LogP contribution in [0.3, 0.4) is 0 Å². The van der Waals surface area contributed by atoms with Gasteiger partial charge in [0.15, 0.2) is 5.16 Å². The number of nitrogens with zero attached hydrogens (tertiary/aromatic N) is 4. The summed E-state index contributed by atoms with van der Waals surface area (Å²) in [6, 6.07) is 9.22. The van der Waals surface area contributed by atoms with Gasteiger partial charge >= 0.3 is 6.18 Å². The summed E-state index contributed by atoms with van der Waals surface area (Å²) >= 11 is 0.985. The molecule has 0 saturated carbocycles. The van der Waals surface area contributed by atoms with E-state index in [9.17, 15) is 32.9 Å². The Morgan fingerprint density at radius 2 is 1.91 bits per heavy atom. The number of para-hydroxylation sites is 1. The first-order valence-corrected chi connectivity index (χ1v) is 9.92. The Morgan fingerprint density at radius 3 is 2.55 bits per heavy atom. The number of carbonyl (C=O) groups excluding carboxylic acids is 2. The molecule has 2 aromatic carbocycles. The average molecular weight is 480 g/mol. The van der Waals surface area contributed by atoms with Crippen LogP contribution in [0, 0.1) is 10.1 Å². The Bertz CT molecular complexity index is 1210. The number of hydrogen-bond donors (Lipinski definition) is 2. The van der Waals surface area contributed by atoms with E-state index in [1.165, 1.54) is 42.7 Å². The molecular formula is C19H15F3N6O4S. The summed E-state index contributed by atoms with van der Waals surface area (Å²) in [6.07, 6.45) is -3.17. The number of halogens is 3. The van der Waals surface area contributed by atoms with Gasteiger partial charge in [0.2, 0.25) is 0 Å². The molecule has 0 radical (unpaired) electrons. The van der Waals surface area contributed by atoms with Gasteiger partial charge in [0.05, 0.1) is 21.1 Å². The molecule has 172 valence electrons. The maximum atomic E-state index is 12.7. The van der Waals surface area contributed by atoms with Crippen LogP contribution < -0.4 is 10.6 Å². The average Bonchev–Trinajstić information content (AvgIpc) is 3.16. The van der Waals surface area contributed by atoms with Gasteiger partial charge in [-0.05, 0) is 36.0 Å². The second-order valence-corrected chi connectivity index (χ2v) is 7.57. The highest BCUT2D eigenvalue weighted by molar-refractivity contribution is 7.99. The van der Waals surface area contributed by atoms with Crippen molar-refractivity contribution in [3.05, 3.63) is 70.0 Å². The van der Waals surface area contributed by atoms with Crippen LogP contribution in [0.4, 0.5) is 24.5 Å². The Balaban J connectivity index is 1.82. The summed E-state index contributed by atoms with van der Waals surface area (Å²) in [5.74, 6) is -1.82. The van der Waals surface area contributed by atoms with Gasteiger partial charge in [-0.25, -0.2) is 0 Å². The van der Waals surface area contributed by atoms with Gasteiger partial charge in [-0.1, -0.05) is 12.1 Å². The maximum Gasteiger partial charge on any atom is 0.405 e. The van der Waals surface area contributed by atoms with E-state index in [4.69, 9.17) is 0 Å². The van der Waals surface area contributed by atoms with Gasteiger partial charge < -0.3 is 15.2 Å². The van der Waals surface area contributed by atoms with Gasteiger partial charge in [0.25, 0.3) is 17.5 Å². The first kappa shape index (κ1) is 23.7. The number of anilines is 1. The Labute approximate surface area is 188 Å². The van der Waals surface area contributed by atoms with Crippen LogP contribution in [-0.4, -0.2) is 44.2 Å². The van der Waals surface area contributed by atoms with E-state index in [2.05, 4.69) is 15.5 Å². The summed E-state index contributed by atoms with van der Waals surface area (Å²) in [6.45, 7) is -1.54. The molecule has 0 saturated heterocycles. The number of aryl methyl sites for hydroxylation is 1. The molecule has 2 N–H and O–H groups in total. The Morgan fingerprint density at radius 1 is 1.18 bits per heavy atom. The van der Waals surface area contributed by atoms with E-state index in [1.807, 2.05) is 0 Å². The van der Waals surface area contributed by atoms with E-state index in [0.717, 1.165) is 17.8 Å². The second-order valence-electron chi connectivity index (χ2n) is 6.56. The number of nitro benzene ring substituents is 1. The van der Waals surface area contributed by atoms with Crippen molar-refractivity contribution in [2.45, 2.75) is 16.2 Å². The lowest BCUT2D eigenvalue weighted by Gasteiger charge is -2.13. The van der Waals surface area contributed by atoms with Crippen LogP contribution in [0.2, 0.25) is 0 Å². The minimum atomic E-state index is -4.60. The minimum absolute atomic E-state index is 0.0534. The summed E-state index contributed by atoms with van der Waals surface area (Å²) in [4.78, 5) is 35.9. The summed E-state index contributed by atoms with van der Waals surface area (Å²) < 4.78 is 38.7. The largest absolute Gasteiger partial charge is 0.405 e. The SMILES string of the molecule is Cn1cnnc1Sc1ccc(C(=O)Nc2ccccc2C(=O)NCC(F)(F)F)cc1[N+](=O)[O-]. The molecule has 0 aliphatic heterocycles. The first-order chi connectivity index (χ1) is 15.5. The molecule has 0 aliphatic rings. The number of amides is 2. The summed E-state index contributed by atoms with van der Waals surface area (Å²) in [5.41, 5.74) is -0.692. The number of carbonyl (C=O) groups is 2. The number of alkyl halides is 3. The molecule has 2 amide bonds. The van der Waals surface area contributed by atoms with Crippen LogP contribution >= 0.6 is 11.8 Å². The standard InChI is InChI=1S/C19H15F3N6O4S/c1-27-10-24-26-18(27)33-15-7-6-11(8-14(15)28(31)32)16(29)25-13-5-3-2-4-12(13)17(30)23-9-19(20,21)22/h2-8,10H,9H2,1H3,(H,23,30)(H,25,29). The molecule has 1 heterocycles. The van der Waals surface area contributed by atoms with Crippen LogP contribution in [0.5, 0.6) is 0 Å². The molecule has 10 nitrogen and oxygen atoms in total. The lowest BCUT2D eigenvalue weighted by Crippen LogP contribution is -2.34. The maximum absolute atomic E-state index is 12.7. The molecule has 0 fully saturated rings. The van der Waals surface area contributed by atoms with E-state index in [1.54, 1.807) is 16.9 Å². The summed E-state index contributed by atoms with van der Waals surface area (Å²) in [5, 5.41) is 23.6. The molecule has 3 rings (SSSR count). The number of nitro groups is 1. The smallest absolute Gasteiger partial charge is 0.343 e. The van der Waals surface area contributed by atoms with Gasteiger partial charge in [-0.2, -0.15) is 13.2 Å². The van der Waals surface area contributed by atoms with Crippen molar-refractivity contribution in [2.24, 2.45) is 7.05 Å². The fraction of sp³-hybridized carbons (Fsp3) is 0.158. The predicted octanol–water partition coefficient (Wildman–Crippen LogP) is 3.42. The fourth-order valence-corrected chi connectivity index (χ4v) is 3.46. The zero-order chi connectivity index (χ0) is 24.2. The second kappa shape index (κ2) is 9.68. The van der Waals surface area contributed by atoms with Gasteiger partial charge in [-0.3, -0.25) is 19.7 Å². The van der Waals surface area contributed by atoms with Crippen LogP contribution in [-0.2, 0) is 7.05 Å². The van der Waals surface area contributed by atoms with Crippen molar-refractivity contribution in [1.29, 1.82) is 0 Å². The molecule has 0 bridgehead atoms. The van der Waals surface area contributed by atoms with E-state index in [0.29, 0.717) is 5.16 Å². The Kier molecular flexibility index (Phi) is 6.96. The zero-order valence-electron chi connectivity index (χ0n) is 16.8. The first-order valence-electron chi connectivity index (χ1n) is 9.11. The molecule has 1 aromatic heterocycles. The lowest BCUT2D eigenvalue weighted by molar-refractivity contribution is -0.387. The molecule has 33 heavy (non-hydrogen) atoms. The highest BCUT2D eigenvalue weighted by Gasteiger charge is 2.28. The normalized spacial score (nSPS) is 11.2. The number of benzene rings is 2. The van der Waals surface area contributed by atoms with Crippen LogP contribution in [0.15, 0.2) is 58.8 Å². The van der Waals surface area contributed by atoms with Crippen molar-refractivity contribution in [3.63, 3.8) is 0 Å². The van der Waals surface area contributed by atoms with Crippen molar-refractivity contribution in [3.8, 4) is 0 Å². The molecule has 0 unspecified atom stereocenters. The highest BCUT2D eigenvalue weighted by Crippen LogP contribution is 2.34. The highest BCUT2D eigenvalue weighted by atomic mass is 32.2. The number of nitrogens with one attached hydrogen (secondary N) is 2. The van der Waals surface area contributed by atoms with Crippen molar-refractivity contribution in [1.82, 2.24) is 20.1 Å². The van der Waals surface area contributed by atoms with E-state index in [-0.39, 0.29) is 27.4 Å². The molecule has 0 aliphatic carbocycles. The molecule has 0 spiro atoms. The van der Waals surface area contributed by atoms with E-state index < -0.39 is 29.5 Å². The van der Waals surface area contributed by atoms with Crippen molar-refractivity contribution in [2.75, 3.05) is 11.9 Å². The topological polar surface area (TPSA) is 132 Å². The molecule has 3 aromatic rings. The molecule has 14 heteroatoms. The van der Waals surface area contributed by atoms with Crippen LogP contribution in [0.25, 0.3) is 0 Å². The monoisotopic (exact) mass is 480 g/mol. The lowest BCUT2D eigenvalue weighted by atomic mass is 10.1.